The summed E-state index contributed by atoms with van der Waals surface area (Å²) in [4.78, 5) is 23.6. The zero-order valence-electron chi connectivity index (χ0n) is 9.14. The van der Waals surface area contributed by atoms with Gasteiger partial charge in [0.15, 0.2) is 0 Å². The minimum atomic E-state index is -0.591. The van der Waals surface area contributed by atoms with Gasteiger partial charge >= 0.3 is 5.97 Å². The third-order valence-corrected chi connectivity index (χ3v) is 3.00. The first-order chi connectivity index (χ1) is 8.15. The number of halogens is 1. The standard InChI is InChI=1S/C12H10BrNO3/c1-2-17-12(16)8-5-6-10-9(13)4-3-7-14(10)11(8)15/h3-7H,2H2,1H3. The van der Waals surface area contributed by atoms with Crippen molar-refractivity contribution in [3.05, 3.63) is 50.9 Å². The van der Waals surface area contributed by atoms with Crippen LogP contribution in [-0.2, 0) is 4.74 Å². The van der Waals surface area contributed by atoms with Crippen LogP contribution in [0.15, 0.2) is 39.7 Å². The maximum atomic E-state index is 12.0. The Bertz CT molecular complexity index is 633. The van der Waals surface area contributed by atoms with E-state index in [0.29, 0.717) is 5.52 Å². The van der Waals surface area contributed by atoms with Crippen molar-refractivity contribution in [2.75, 3.05) is 6.61 Å². The largest absolute Gasteiger partial charge is 0.462 e. The second-order valence-electron chi connectivity index (χ2n) is 3.38. The van der Waals surface area contributed by atoms with E-state index < -0.39 is 5.97 Å². The summed E-state index contributed by atoms with van der Waals surface area (Å²) >= 11 is 3.35. The Morgan fingerprint density at radius 3 is 2.88 bits per heavy atom. The number of ether oxygens (including phenoxy) is 1. The van der Waals surface area contributed by atoms with E-state index in [1.54, 1.807) is 25.3 Å². The number of rotatable bonds is 2. The molecule has 17 heavy (non-hydrogen) atoms. The number of hydrogen-bond acceptors (Lipinski definition) is 3. The predicted octanol–water partition coefficient (Wildman–Crippen LogP) is 2.24. The van der Waals surface area contributed by atoms with Gasteiger partial charge in [0, 0.05) is 10.7 Å². The number of aromatic nitrogens is 1. The van der Waals surface area contributed by atoms with Gasteiger partial charge in [-0.1, -0.05) is 0 Å². The first-order valence-corrected chi connectivity index (χ1v) is 5.91. The summed E-state index contributed by atoms with van der Waals surface area (Å²) in [5.41, 5.74) is 0.384. The molecule has 88 valence electrons. The summed E-state index contributed by atoms with van der Waals surface area (Å²) in [6, 6.07) is 6.75. The lowest BCUT2D eigenvalue weighted by molar-refractivity contribution is 0.0524. The van der Waals surface area contributed by atoms with Crippen LogP contribution in [0.2, 0.25) is 0 Å². The Labute approximate surface area is 106 Å². The molecule has 2 aromatic rings. The van der Waals surface area contributed by atoms with Gasteiger partial charge in [-0.15, -0.1) is 0 Å². The van der Waals surface area contributed by atoms with Crippen molar-refractivity contribution >= 4 is 27.4 Å². The zero-order chi connectivity index (χ0) is 12.4. The number of pyridine rings is 2. The number of esters is 1. The molecule has 0 aromatic carbocycles. The van der Waals surface area contributed by atoms with Gasteiger partial charge in [0.2, 0.25) is 0 Å². The van der Waals surface area contributed by atoms with Crippen LogP contribution in [0.25, 0.3) is 5.52 Å². The van der Waals surface area contributed by atoms with Gasteiger partial charge in [-0.2, -0.15) is 0 Å². The van der Waals surface area contributed by atoms with Crippen molar-refractivity contribution < 1.29 is 9.53 Å². The summed E-state index contributed by atoms with van der Waals surface area (Å²) in [6.45, 7) is 1.95. The van der Waals surface area contributed by atoms with Crippen LogP contribution in [0, 0.1) is 0 Å². The molecule has 0 aliphatic heterocycles. The topological polar surface area (TPSA) is 47.8 Å². The van der Waals surface area contributed by atoms with E-state index >= 15 is 0 Å². The number of fused-ring (bicyclic) bond motifs is 1. The molecule has 0 aliphatic carbocycles. The Morgan fingerprint density at radius 1 is 1.41 bits per heavy atom. The van der Waals surface area contributed by atoms with Crippen molar-refractivity contribution in [2.45, 2.75) is 6.92 Å². The molecular formula is C12H10BrNO3. The Morgan fingerprint density at radius 2 is 2.18 bits per heavy atom. The van der Waals surface area contributed by atoms with Crippen LogP contribution >= 0.6 is 15.9 Å². The SMILES string of the molecule is CCOC(=O)c1ccc2c(Br)cccn2c1=O. The molecule has 0 unspecified atom stereocenters. The highest BCUT2D eigenvalue weighted by Gasteiger charge is 2.13. The van der Waals surface area contributed by atoms with Crippen molar-refractivity contribution in [1.82, 2.24) is 4.40 Å². The molecule has 2 heterocycles. The molecule has 5 heteroatoms. The van der Waals surface area contributed by atoms with E-state index in [1.165, 1.54) is 10.5 Å². The molecule has 0 saturated heterocycles. The molecule has 2 rings (SSSR count). The lowest BCUT2D eigenvalue weighted by Crippen LogP contribution is -2.23. The molecule has 0 amide bonds. The number of nitrogens with zero attached hydrogens (tertiary/aromatic N) is 1. The number of carbonyl (C=O) groups is 1. The number of hydrogen-bond donors (Lipinski definition) is 0. The lowest BCUT2D eigenvalue weighted by Gasteiger charge is -2.05. The fourth-order valence-electron chi connectivity index (χ4n) is 1.56. The number of carbonyl (C=O) groups excluding carboxylic acids is 1. The first-order valence-electron chi connectivity index (χ1n) is 5.12. The molecule has 0 fully saturated rings. The fourth-order valence-corrected chi connectivity index (χ4v) is 2.03. The average molecular weight is 296 g/mol. The lowest BCUT2D eigenvalue weighted by atomic mass is 10.2. The normalized spacial score (nSPS) is 10.5. The monoisotopic (exact) mass is 295 g/mol. The minimum Gasteiger partial charge on any atom is -0.462 e. The average Bonchev–Trinajstić information content (AvgIpc) is 2.31. The molecule has 0 aliphatic rings. The molecule has 2 aromatic heterocycles. The summed E-state index contributed by atoms with van der Waals surface area (Å²) in [5.74, 6) is -0.591. The fraction of sp³-hybridized carbons (Fsp3) is 0.167. The third-order valence-electron chi connectivity index (χ3n) is 2.33. The van der Waals surface area contributed by atoms with E-state index in [4.69, 9.17) is 4.74 Å². The van der Waals surface area contributed by atoms with Crippen LogP contribution in [0.5, 0.6) is 0 Å². The first kappa shape index (κ1) is 11.9. The molecule has 0 spiro atoms. The van der Waals surface area contributed by atoms with E-state index in [9.17, 15) is 9.59 Å². The zero-order valence-corrected chi connectivity index (χ0v) is 10.7. The Kier molecular flexibility index (Phi) is 3.28. The second kappa shape index (κ2) is 4.71. The Hall–Kier alpha value is -1.62. The molecule has 0 radical (unpaired) electrons. The van der Waals surface area contributed by atoms with Crippen molar-refractivity contribution in [2.24, 2.45) is 0 Å². The van der Waals surface area contributed by atoms with Crippen molar-refractivity contribution in [3.63, 3.8) is 0 Å². The quantitative estimate of drug-likeness (QED) is 0.799. The summed E-state index contributed by atoms with van der Waals surface area (Å²) < 4.78 is 7.04. The van der Waals surface area contributed by atoms with Gasteiger partial charge < -0.3 is 4.74 Å². The van der Waals surface area contributed by atoms with Gasteiger partial charge in [-0.25, -0.2) is 4.79 Å². The minimum absolute atomic E-state index is 0.0439. The highest BCUT2D eigenvalue weighted by atomic mass is 79.9. The maximum Gasteiger partial charge on any atom is 0.343 e. The molecule has 0 atom stereocenters. The van der Waals surface area contributed by atoms with Gasteiger partial charge in [-0.3, -0.25) is 9.20 Å². The van der Waals surface area contributed by atoms with Crippen LogP contribution in [0.4, 0.5) is 0 Å². The van der Waals surface area contributed by atoms with E-state index in [0.717, 1.165) is 4.47 Å². The molecule has 0 N–H and O–H groups in total. The van der Waals surface area contributed by atoms with Gasteiger partial charge in [0.05, 0.1) is 12.1 Å². The van der Waals surface area contributed by atoms with E-state index in [1.807, 2.05) is 6.07 Å². The predicted molar refractivity (Wildman–Crippen MR) is 67.3 cm³/mol. The summed E-state index contributed by atoms with van der Waals surface area (Å²) in [5, 5.41) is 0. The van der Waals surface area contributed by atoms with Gasteiger partial charge in [0.25, 0.3) is 5.56 Å². The molecular weight excluding hydrogens is 286 g/mol. The molecule has 4 nitrogen and oxygen atoms in total. The van der Waals surface area contributed by atoms with Crippen LogP contribution in [-0.4, -0.2) is 17.0 Å². The van der Waals surface area contributed by atoms with E-state index in [2.05, 4.69) is 15.9 Å². The van der Waals surface area contributed by atoms with Crippen molar-refractivity contribution in [3.8, 4) is 0 Å². The summed E-state index contributed by atoms with van der Waals surface area (Å²) in [7, 11) is 0. The van der Waals surface area contributed by atoms with Gasteiger partial charge in [-0.05, 0) is 47.1 Å². The second-order valence-corrected chi connectivity index (χ2v) is 4.24. The highest BCUT2D eigenvalue weighted by molar-refractivity contribution is 9.10. The van der Waals surface area contributed by atoms with Gasteiger partial charge in [0.1, 0.15) is 5.56 Å². The smallest absolute Gasteiger partial charge is 0.343 e. The Balaban J connectivity index is 2.67. The van der Waals surface area contributed by atoms with Crippen LogP contribution < -0.4 is 5.56 Å². The highest BCUT2D eigenvalue weighted by Crippen LogP contribution is 2.16. The van der Waals surface area contributed by atoms with Crippen LogP contribution in [0.1, 0.15) is 17.3 Å². The molecule has 0 saturated carbocycles. The third kappa shape index (κ3) is 2.10. The summed E-state index contributed by atoms with van der Waals surface area (Å²) in [6.07, 6.45) is 1.62. The van der Waals surface area contributed by atoms with Crippen LogP contribution in [0.3, 0.4) is 0 Å². The van der Waals surface area contributed by atoms with E-state index in [-0.39, 0.29) is 17.7 Å². The van der Waals surface area contributed by atoms with Crippen molar-refractivity contribution in [1.29, 1.82) is 0 Å². The molecule has 0 bridgehead atoms. The maximum absolute atomic E-state index is 12.0.